The minimum atomic E-state index is -0.623. The van der Waals surface area contributed by atoms with Gasteiger partial charge in [-0.1, -0.05) is 48.0 Å². The minimum absolute atomic E-state index is 0.0285. The Kier molecular flexibility index (Phi) is 4.99. The lowest BCUT2D eigenvalue weighted by atomic mass is 10.1. The van der Waals surface area contributed by atoms with E-state index in [1.54, 1.807) is 10.9 Å². The van der Waals surface area contributed by atoms with Crippen molar-refractivity contribution in [2.75, 3.05) is 5.32 Å². The van der Waals surface area contributed by atoms with E-state index in [0.29, 0.717) is 16.7 Å². The Labute approximate surface area is 192 Å². The molecule has 0 aliphatic heterocycles. The topological polar surface area (TPSA) is 103 Å². The molecule has 0 spiro atoms. The minimum Gasteiger partial charge on any atom is -0.322 e. The molecule has 1 heterocycles. The number of nitro groups is 1. The van der Waals surface area contributed by atoms with E-state index < -0.39 is 10.8 Å². The predicted molar refractivity (Wildman–Crippen MR) is 127 cm³/mol. The Hall–Kier alpha value is -4.30. The van der Waals surface area contributed by atoms with Gasteiger partial charge in [-0.3, -0.25) is 14.9 Å². The summed E-state index contributed by atoms with van der Waals surface area (Å²) in [7, 11) is 0. The Morgan fingerprint density at radius 2 is 1.73 bits per heavy atom. The van der Waals surface area contributed by atoms with Crippen molar-refractivity contribution in [3.63, 3.8) is 0 Å². The van der Waals surface area contributed by atoms with Crippen LogP contribution in [0.1, 0.15) is 15.9 Å². The van der Waals surface area contributed by atoms with Crippen molar-refractivity contribution in [2.45, 2.75) is 6.92 Å². The molecular weight excluding hydrogens is 442 g/mol. The lowest BCUT2D eigenvalue weighted by Gasteiger charge is -2.08. The normalized spacial score (nSPS) is 11.1. The van der Waals surface area contributed by atoms with Crippen molar-refractivity contribution in [1.29, 1.82) is 0 Å². The highest BCUT2D eigenvalue weighted by Gasteiger charge is 2.18. The second-order valence-corrected chi connectivity index (χ2v) is 7.93. The molecule has 1 aromatic heterocycles. The number of carbonyl (C=O) groups is 1. The number of aryl methyl sites for hydroxylation is 1. The van der Waals surface area contributed by atoms with Gasteiger partial charge in [0, 0.05) is 22.7 Å². The maximum Gasteiger partial charge on any atom is 0.288 e. The lowest BCUT2D eigenvalue weighted by molar-refractivity contribution is -0.384. The molecule has 0 unspecified atom stereocenters. The Morgan fingerprint density at radius 1 is 1.00 bits per heavy atom. The van der Waals surface area contributed by atoms with Gasteiger partial charge < -0.3 is 5.32 Å². The largest absolute Gasteiger partial charge is 0.322 e. The number of benzene rings is 4. The van der Waals surface area contributed by atoms with Crippen molar-refractivity contribution in [3.8, 4) is 5.69 Å². The number of halogens is 1. The van der Waals surface area contributed by atoms with Gasteiger partial charge in [-0.05, 0) is 48.2 Å². The summed E-state index contributed by atoms with van der Waals surface area (Å²) in [5.74, 6) is -0.487. The summed E-state index contributed by atoms with van der Waals surface area (Å²) in [6.45, 7) is 1.84. The van der Waals surface area contributed by atoms with Crippen LogP contribution >= 0.6 is 11.6 Å². The monoisotopic (exact) mass is 457 g/mol. The molecule has 5 rings (SSSR count). The Morgan fingerprint density at radius 3 is 2.52 bits per heavy atom. The van der Waals surface area contributed by atoms with Gasteiger partial charge in [0.1, 0.15) is 16.1 Å². The first-order valence-electron chi connectivity index (χ1n) is 10.0. The van der Waals surface area contributed by atoms with Gasteiger partial charge in [0.05, 0.1) is 10.6 Å². The first-order valence-corrected chi connectivity index (χ1v) is 10.4. The van der Waals surface area contributed by atoms with Crippen LogP contribution in [0.5, 0.6) is 0 Å². The molecule has 5 aromatic rings. The number of anilines is 1. The molecule has 4 aromatic carbocycles. The second kappa shape index (κ2) is 7.99. The summed E-state index contributed by atoms with van der Waals surface area (Å²) >= 11 is 5.84. The Bertz CT molecular complexity index is 1570. The van der Waals surface area contributed by atoms with Crippen LogP contribution in [0.4, 0.5) is 11.4 Å². The molecule has 0 aliphatic carbocycles. The van der Waals surface area contributed by atoms with Crippen LogP contribution < -0.4 is 5.32 Å². The number of nitro benzene ring substituents is 1. The fourth-order valence-electron chi connectivity index (χ4n) is 3.68. The number of carbonyl (C=O) groups excluding carboxylic acids is 1. The molecule has 0 saturated heterocycles. The van der Waals surface area contributed by atoms with Crippen molar-refractivity contribution >= 4 is 50.7 Å². The van der Waals surface area contributed by atoms with Crippen molar-refractivity contribution in [2.24, 2.45) is 0 Å². The van der Waals surface area contributed by atoms with Gasteiger partial charge >= 0.3 is 0 Å². The third kappa shape index (κ3) is 3.77. The zero-order valence-electron chi connectivity index (χ0n) is 17.3. The SMILES string of the molecule is Cc1cc2nn(-c3cccc4ccccc34)nc2cc1NC(=O)c1ccc(Cl)c([N+](=O)[O-])c1. The van der Waals surface area contributed by atoms with Crippen LogP contribution in [0.25, 0.3) is 27.5 Å². The molecule has 0 aliphatic rings. The molecule has 0 atom stereocenters. The van der Waals surface area contributed by atoms with Crippen LogP contribution in [-0.2, 0) is 0 Å². The fraction of sp³-hybridized carbons (Fsp3) is 0.0417. The van der Waals surface area contributed by atoms with E-state index in [1.165, 1.54) is 12.1 Å². The van der Waals surface area contributed by atoms with Crippen molar-refractivity contribution < 1.29 is 9.72 Å². The van der Waals surface area contributed by atoms with Crippen LogP contribution in [0, 0.1) is 17.0 Å². The van der Waals surface area contributed by atoms with E-state index in [4.69, 9.17) is 11.6 Å². The quantitative estimate of drug-likeness (QED) is 0.275. The summed E-state index contributed by atoms with van der Waals surface area (Å²) < 4.78 is 0. The average molecular weight is 458 g/mol. The van der Waals surface area contributed by atoms with Gasteiger partial charge in [-0.15, -0.1) is 15.0 Å². The van der Waals surface area contributed by atoms with Crippen molar-refractivity contribution in [1.82, 2.24) is 15.0 Å². The van der Waals surface area contributed by atoms with E-state index in [1.807, 2.05) is 55.5 Å². The van der Waals surface area contributed by atoms with Gasteiger partial charge in [-0.2, -0.15) is 0 Å². The summed E-state index contributed by atoms with van der Waals surface area (Å²) in [6, 6.07) is 21.4. The van der Waals surface area contributed by atoms with E-state index in [-0.39, 0.29) is 16.3 Å². The highest BCUT2D eigenvalue weighted by atomic mass is 35.5. The van der Waals surface area contributed by atoms with Gasteiger partial charge in [0.15, 0.2) is 0 Å². The van der Waals surface area contributed by atoms with Crippen LogP contribution in [0.15, 0.2) is 72.8 Å². The maximum absolute atomic E-state index is 12.7. The molecule has 0 saturated carbocycles. The van der Waals surface area contributed by atoms with E-state index in [0.717, 1.165) is 28.1 Å². The summed E-state index contributed by atoms with van der Waals surface area (Å²) in [4.78, 5) is 24.8. The second-order valence-electron chi connectivity index (χ2n) is 7.52. The molecule has 162 valence electrons. The molecule has 1 amide bonds. The molecule has 0 fully saturated rings. The third-order valence-corrected chi connectivity index (χ3v) is 5.68. The summed E-state index contributed by atoms with van der Waals surface area (Å²) in [5.41, 5.74) is 3.26. The number of hydrogen-bond acceptors (Lipinski definition) is 5. The van der Waals surface area contributed by atoms with Gasteiger partial charge in [0.25, 0.3) is 11.6 Å². The molecule has 9 heteroatoms. The Balaban J connectivity index is 1.51. The van der Waals surface area contributed by atoms with Crippen LogP contribution in [-0.4, -0.2) is 25.8 Å². The fourth-order valence-corrected chi connectivity index (χ4v) is 3.87. The number of nitrogens with zero attached hydrogens (tertiary/aromatic N) is 4. The molecule has 0 radical (unpaired) electrons. The smallest absolute Gasteiger partial charge is 0.288 e. The summed E-state index contributed by atoms with van der Waals surface area (Å²) in [6.07, 6.45) is 0. The third-order valence-electron chi connectivity index (χ3n) is 5.36. The lowest BCUT2D eigenvalue weighted by Crippen LogP contribution is -2.13. The molecule has 0 bridgehead atoms. The van der Waals surface area contributed by atoms with Gasteiger partial charge in [0.2, 0.25) is 0 Å². The highest BCUT2D eigenvalue weighted by molar-refractivity contribution is 6.32. The molecular formula is C24H16ClN5O3. The first-order chi connectivity index (χ1) is 15.9. The molecule has 8 nitrogen and oxygen atoms in total. The first kappa shape index (κ1) is 20.6. The number of amides is 1. The predicted octanol–water partition coefficient (Wildman–Crippen LogP) is 5.70. The molecule has 33 heavy (non-hydrogen) atoms. The van der Waals surface area contributed by atoms with Crippen molar-refractivity contribution in [3.05, 3.63) is 99.1 Å². The molecule has 1 N–H and O–H groups in total. The van der Waals surface area contributed by atoms with E-state index >= 15 is 0 Å². The van der Waals surface area contributed by atoms with E-state index in [9.17, 15) is 14.9 Å². The number of hydrogen-bond donors (Lipinski definition) is 1. The number of aromatic nitrogens is 3. The number of rotatable bonds is 4. The average Bonchev–Trinajstić information content (AvgIpc) is 3.21. The highest BCUT2D eigenvalue weighted by Crippen LogP contribution is 2.28. The maximum atomic E-state index is 12.7. The van der Waals surface area contributed by atoms with E-state index in [2.05, 4.69) is 15.5 Å². The zero-order chi connectivity index (χ0) is 23.1. The van der Waals surface area contributed by atoms with Crippen LogP contribution in [0.2, 0.25) is 5.02 Å². The number of fused-ring (bicyclic) bond motifs is 2. The zero-order valence-corrected chi connectivity index (χ0v) is 18.1. The van der Waals surface area contributed by atoms with Gasteiger partial charge in [-0.25, -0.2) is 0 Å². The summed E-state index contributed by atoms with van der Waals surface area (Å²) in [5, 5.41) is 25.2. The standard InChI is InChI=1S/C24H16ClN5O3/c1-14-11-20-21(28-29(27-20)22-8-4-6-15-5-2-3-7-17(15)22)13-19(14)26-24(31)16-9-10-18(25)23(12-16)30(32)33/h2-13H,1H3,(H,26,31). The number of nitrogens with one attached hydrogen (secondary N) is 1. The van der Waals surface area contributed by atoms with Crippen LogP contribution in [0.3, 0.4) is 0 Å².